The van der Waals surface area contributed by atoms with Crippen LogP contribution in [-0.4, -0.2) is 22.9 Å². The van der Waals surface area contributed by atoms with Gasteiger partial charge in [0.1, 0.15) is 0 Å². The molecule has 0 N–H and O–H groups in total. The standard InChI is InChI=1S/C14H19N3O2/c1-12(2)10-16(9-5-8-15)11-13-6-3-4-7-14(13)17(18)19/h3-4,6-7,12H,5,9-11H2,1-2H3. The minimum atomic E-state index is -0.354. The average molecular weight is 261 g/mol. The number of nitrogens with zero attached hydrogens (tertiary/aromatic N) is 3. The number of benzene rings is 1. The summed E-state index contributed by atoms with van der Waals surface area (Å²) in [6.45, 7) is 6.17. The van der Waals surface area contributed by atoms with Gasteiger partial charge < -0.3 is 0 Å². The Hall–Kier alpha value is -1.93. The Morgan fingerprint density at radius 3 is 2.68 bits per heavy atom. The molecule has 19 heavy (non-hydrogen) atoms. The topological polar surface area (TPSA) is 70.2 Å². The first-order valence-electron chi connectivity index (χ1n) is 6.36. The van der Waals surface area contributed by atoms with E-state index in [0.29, 0.717) is 31.0 Å². The Bertz CT molecular complexity index is 466. The van der Waals surface area contributed by atoms with Crippen LogP contribution in [0.1, 0.15) is 25.8 Å². The van der Waals surface area contributed by atoms with Crippen molar-refractivity contribution in [2.75, 3.05) is 13.1 Å². The molecule has 0 saturated heterocycles. The third-order valence-corrected chi connectivity index (χ3v) is 2.75. The fraction of sp³-hybridized carbons (Fsp3) is 0.500. The van der Waals surface area contributed by atoms with Crippen LogP contribution in [0.3, 0.4) is 0 Å². The number of nitro benzene ring substituents is 1. The van der Waals surface area contributed by atoms with E-state index in [2.05, 4.69) is 24.8 Å². The summed E-state index contributed by atoms with van der Waals surface area (Å²) >= 11 is 0. The minimum Gasteiger partial charge on any atom is -0.298 e. The molecule has 0 radical (unpaired) electrons. The average Bonchev–Trinajstić information content (AvgIpc) is 2.35. The van der Waals surface area contributed by atoms with Crippen molar-refractivity contribution in [2.45, 2.75) is 26.8 Å². The summed E-state index contributed by atoms with van der Waals surface area (Å²) in [6.07, 6.45) is 0.438. The zero-order valence-corrected chi connectivity index (χ0v) is 11.4. The van der Waals surface area contributed by atoms with Gasteiger partial charge in [0.2, 0.25) is 0 Å². The first-order valence-corrected chi connectivity index (χ1v) is 6.36. The lowest BCUT2D eigenvalue weighted by Gasteiger charge is -2.23. The molecule has 0 unspecified atom stereocenters. The molecule has 0 aromatic heterocycles. The van der Waals surface area contributed by atoms with Crippen molar-refractivity contribution in [2.24, 2.45) is 5.92 Å². The molecule has 0 spiro atoms. The summed E-state index contributed by atoms with van der Waals surface area (Å²) in [7, 11) is 0. The van der Waals surface area contributed by atoms with Crippen molar-refractivity contribution < 1.29 is 4.92 Å². The van der Waals surface area contributed by atoms with Gasteiger partial charge in [0, 0.05) is 37.7 Å². The summed E-state index contributed by atoms with van der Waals surface area (Å²) in [5.41, 5.74) is 0.847. The van der Waals surface area contributed by atoms with Crippen LogP contribution in [0.4, 0.5) is 5.69 Å². The second-order valence-electron chi connectivity index (χ2n) is 4.92. The van der Waals surface area contributed by atoms with Gasteiger partial charge in [0.15, 0.2) is 0 Å². The highest BCUT2D eigenvalue weighted by atomic mass is 16.6. The highest BCUT2D eigenvalue weighted by Gasteiger charge is 2.16. The van der Waals surface area contributed by atoms with E-state index in [1.54, 1.807) is 18.2 Å². The molecule has 0 saturated carbocycles. The fourth-order valence-electron chi connectivity index (χ4n) is 2.02. The SMILES string of the molecule is CC(C)CN(CCC#N)Cc1ccccc1[N+](=O)[O-]. The van der Waals surface area contributed by atoms with E-state index in [9.17, 15) is 10.1 Å². The van der Waals surface area contributed by atoms with Crippen molar-refractivity contribution >= 4 is 5.69 Å². The summed E-state index contributed by atoms with van der Waals surface area (Å²) < 4.78 is 0. The van der Waals surface area contributed by atoms with Crippen molar-refractivity contribution in [3.05, 3.63) is 39.9 Å². The van der Waals surface area contributed by atoms with Crippen LogP contribution < -0.4 is 0 Å². The third-order valence-electron chi connectivity index (χ3n) is 2.75. The molecule has 0 amide bonds. The lowest BCUT2D eigenvalue weighted by atomic mass is 10.1. The maximum Gasteiger partial charge on any atom is 0.273 e. The minimum absolute atomic E-state index is 0.146. The molecular weight excluding hydrogens is 242 g/mol. The van der Waals surface area contributed by atoms with E-state index >= 15 is 0 Å². The number of hydrogen-bond acceptors (Lipinski definition) is 4. The summed E-state index contributed by atoms with van der Waals surface area (Å²) in [5, 5.41) is 19.6. The molecule has 1 aromatic rings. The zero-order valence-electron chi connectivity index (χ0n) is 11.4. The van der Waals surface area contributed by atoms with E-state index < -0.39 is 0 Å². The first kappa shape index (κ1) is 15.1. The number of nitriles is 1. The molecule has 1 rings (SSSR count). The Morgan fingerprint density at radius 1 is 1.42 bits per heavy atom. The highest BCUT2D eigenvalue weighted by Crippen LogP contribution is 2.20. The molecule has 0 fully saturated rings. The van der Waals surface area contributed by atoms with Gasteiger partial charge in [-0.1, -0.05) is 32.0 Å². The number of rotatable bonds is 7. The molecule has 0 aliphatic carbocycles. The van der Waals surface area contributed by atoms with E-state index in [1.165, 1.54) is 6.07 Å². The highest BCUT2D eigenvalue weighted by molar-refractivity contribution is 5.39. The smallest absolute Gasteiger partial charge is 0.273 e. The van der Waals surface area contributed by atoms with E-state index in [1.807, 2.05) is 0 Å². The van der Waals surface area contributed by atoms with E-state index in [4.69, 9.17) is 5.26 Å². The molecule has 0 aliphatic heterocycles. The van der Waals surface area contributed by atoms with Gasteiger partial charge in [-0.15, -0.1) is 0 Å². The van der Waals surface area contributed by atoms with E-state index in [0.717, 1.165) is 6.54 Å². The van der Waals surface area contributed by atoms with E-state index in [-0.39, 0.29) is 10.6 Å². The molecule has 5 nitrogen and oxygen atoms in total. The molecule has 102 valence electrons. The number of hydrogen-bond donors (Lipinski definition) is 0. The molecule has 0 atom stereocenters. The fourth-order valence-corrected chi connectivity index (χ4v) is 2.02. The maximum atomic E-state index is 11.0. The van der Waals surface area contributed by atoms with Crippen molar-refractivity contribution in [3.8, 4) is 6.07 Å². The molecule has 0 aliphatic rings. The predicted molar refractivity (Wildman–Crippen MR) is 73.4 cm³/mol. The quantitative estimate of drug-likeness (QED) is 0.559. The Morgan fingerprint density at radius 2 is 2.11 bits per heavy atom. The van der Waals surface area contributed by atoms with Gasteiger partial charge in [-0.2, -0.15) is 5.26 Å². The summed E-state index contributed by atoms with van der Waals surface area (Å²) in [4.78, 5) is 12.7. The number of para-hydroxylation sites is 1. The molecule has 5 heteroatoms. The lowest BCUT2D eigenvalue weighted by molar-refractivity contribution is -0.385. The van der Waals surface area contributed by atoms with Gasteiger partial charge in [-0.3, -0.25) is 15.0 Å². The largest absolute Gasteiger partial charge is 0.298 e. The lowest BCUT2D eigenvalue weighted by Crippen LogP contribution is -2.28. The van der Waals surface area contributed by atoms with Crippen LogP contribution in [-0.2, 0) is 6.54 Å². The molecule has 1 aromatic carbocycles. The van der Waals surface area contributed by atoms with Gasteiger partial charge in [-0.05, 0) is 5.92 Å². The van der Waals surface area contributed by atoms with Crippen LogP contribution in [0.25, 0.3) is 0 Å². The Balaban J connectivity index is 2.83. The van der Waals surface area contributed by atoms with Crippen LogP contribution in [0, 0.1) is 27.4 Å². The second kappa shape index (κ2) is 7.49. The first-order chi connectivity index (χ1) is 9.04. The third kappa shape index (κ3) is 5.06. The summed E-state index contributed by atoms with van der Waals surface area (Å²) in [5.74, 6) is 0.460. The molecular formula is C14H19N3O2. The van der Waals surface area contributed by atoms with Gasteiger partial charge in [0.05, 0.1) is 11.0 Å². The van der Waals surface area contributed by atoms with Crippen LogP contribution in [0.2, 0.25) is 0 Å². The van der Waals surface area contributed by atoms with Gasteiger partial charge in [0.25, 0.3) is 5.69 Å². The van der Waals surface area contributed by atoms with Crippen LogP contribution in [0.5, 0.6) is 0 Å². The van der Waals surface area contributed by atoms with Crippen molar-refractivity contribution in [1.82, 2.24) is 4.90 Å². The van der Waals surface area contributed by atoms with Gasteiger partial charge >= 0.3 is 0 Å². The monoisotopic (exact) mass is 261 g/mol. The zero-order chi connectivity index (χ0) is 14.3. The normalized spacial score (nSPS) is 10.7. The van der Waals surface area contributed by atoms with Crippen LogP contribution >= 0.6 is 0 Å². The van der Waals surface area contributed by atoms with Crippen molar-refractivity contribution in [1.29, 1.82) is 5.26 Å². The summed E-state index contributed by atoms with van der Waals surface area (Å²) in [6, 6.07) is 8.89. The Kier molecular flexibility index (Phi) is 5.97. The van der Waals surface area contributed by atoms with Crippen LogP contribution in [0.15, 0.2) is 24.3 Å². The predicted octanol–water partition coefficient (Wildman–Crippen LogP) is 2.97. The number of nitro groups is 1. The van der Waals surface area contributed by atoms with Gasteiger partial charge in [-0.25, -0.2) is 0 Å². The molecule has 0 heterocycles. The molecule has 0 bridgehead atoms. The van der Waals surface area contributed by atoms with Crippen molar-refractivity contribution in [3.63, 3.8) is 0 Å². The Labute approximate surface area is 113 Å². The second-order valence-corrected chi connectivity index (χ2v) is 4.92. The maximum absolute atomic E-state index is 11.0.